The van der Waals surface area contributed by atoms with Crippen molar-refractivity contribution >= 4 is 25.2 Å². The van der Waals surface area contributed by atoms with Crippen LogP contribution in [-0.2, 0) is 20.6 Å². The summed E-state index contributed by atoms with van der Waals surface area (Å²) in [5.74, 6) is -2.10. The zero-order chi connectivity index (χ0) is 23.8. The van der Waals surface area contributed by atoms with E-state index in [9.17, 15) is 28.9 Å². The van der Waals surface area contributed by atoms with Crippen LogP contribution in [0.3, 0.4) is 0 Å². The molecule has 2 unspecified atom stereocenters. The van der Waals surface area contributed by atoms with Crippen LogP contribution >= 0.6 is 7.37 Å². The van der Waals surface area contributed by atoms with Crippen LogP contribution in [0.1, 0.15) is 35.2 Å². The smallest absolute Gasteiger partial charge is 0.326 e. The minimum atomic E-state index is -3.98. The van der Waals surface area contributed by atoms with E-state index < -0.39 is 37.5 Å². The fraction of sp³-hybridized carbons (Fsp3) is 0.375. The van der Waals surface area contributed by atoms with Gasteiger partial charge in [0, 0.05) is 24.3 Å². The molecule has 3 atom stereocenters. The molecular formula is C24H29N2O6P. The van der Waals surface area contributed by atoms with Gasteiger partial charge in [-0.05, 0) is 43.4 Å². The van der Waals surface area contributed by atoms with Crippen molar-refractivity contribution in [2.45, 2.75) is 37.8 Å². The maximum absolute atomic E-state index is 13.0. The van der Waals surface area contributed by atoms with Crippen LogP contribution in [0, 0.1) is 0 Å². The highest BCUT2D eigenvalue weighted by atomic mass is 31.2. The van der Waals surface area contributed by atoms with Crippen LogP contribution < -0.4 is 5.32 Å². The van der Waals surface area contributed by atoms with Gasteiger partial charge in [-0.15, -0.1) is 0 Å². The molecule has 1 aliphatic heterocycles. The molecule has 1 aliphatic rings. The van der Waals surface area contributed by atoms with E-state index in [1.54, 1.807) is 30.3 Å². The molecule has 1 saturated heterocycles. The number of nitrogens with one attached hydrogen (secondary N) is 1. The number of amides is 2. The van der Waals surface area contributed by atoms with Crippen molar-refractivity contribution in [1.82, 2.24) is 10.2 Å². The SMILES string of the molecule is O=C(NC(CCc1ccccc1)CP(=O)(O)CC(=O)N1CCC[C@H]1C(=O)O)c1ccccc1. The molecule has 176 valence electrons. The maximum atomic E-state index is 13.0. The molecule has 3 N–H and O–H groups in total. The molecule has 2 aromatic rings. The number of hydrogen-bond donors (Lipinski definition) is 3. The van der Waals surface area contributed by atoms with E-state index in [0.29, 0.717) is 31.2 Å². The lowest BCUT2D eigenvalue weighted by molar-refractivity contribution is -0.147. The molecule has 0 aliphatic carbocycles. The Morgan fingerprint density at radius 3 is 2.33 bits per heavy atom. The summed E-state index contributed by atoms with van der Waals surface area (Å²) in [5.41, 5.74) is 1.47. The van der Waals surface area contributed by atoms with E-state index in [4.69, 9.17) is 0 Å². The third-order valence-corrected chi connectivity index (χ3v) is 7.52. The van der Waals surface area contributed by atoms with Crippen molar-refractivity contribution in [2.24, 2.45) is 0 Å². The Balaban J connectivity index is 1.68. The lowest BCUT2D eigenvalue weighted by Gasteiger charge is -2.25. The van der Waals surface area contributed by atoms with Gasteiger partial charge in [0.15, 0.2) is 0 Å². The predicted octanol–water partition coefficient (Wildman–Crippen LogP) is 2.76. The average Bonchev–Trinajstić information content (AvgIpc) is 3.29. The third-order valence-electron chi connectivity index (χ3n) is 5.74. The largest absolute Gasteiger partial charge is 0.480 e. The zero-order valence-corrected chi connectivity index (χ0v) is 19.2. The van der Waals surface area contributed by atoms with Gasteiger partial charge in [0.05, 0.1) is 0 Å². The van der Waals surface area contributed by atoms with Crippen LogP contribution in [0.2, 0.25) is 0 Å². The first-order chi connectivity index (χ1) is 15.7. The second kappa shape index (κ2) is 11.3. The number of carbonyl (C=O) groups is 3. The minimum absolute atomic E-state index is 0.262. The number of nitrogens with zero attached hydrogens (tertiary/aromatic N) is 1. The number of carbonyl (C=O) groups excluding carboxylic acids is 2. The summed E-state index contributed by atoms with van der Waals surface area (Å²) in [7, 11) is -3.98. The van der Waals surface area contributed by atoms with Crippen LogP contribution in [0.25, 0.3) is 0 Å². The normalized spacial score (nSPS) is 18.3. The van der Waals surface area contributed by atoms with E-state index in [1.165, 1.54) is 4.90 Å². The lowest BCUT2D eigenvalue weighted by Crippen LogP contribution is -2.43. The molecule has 1 heterocycles. The molecular weight excluding hydrogens is 443 g/mol. The van der Waals surface area contributed by atoms with Gasteiger partial charge in [0.25, 0.3) is 5.91 Å². The second-order valence-electron chi connectivity index (χ2n) is 8.33. The number of rotatable bonds is 10. The Labute approximate surface area is 193 Å². The number of benzene rings is 2. The molecule has 33 heavy (non-hydrogen) atoms. The Kier molecular flexibility index (Phi) is 8.42. The first kappa shape index (κ1) is 24.7. The number of carboxylic acid groups (broad SMARTS) is 1. The number of likely N-dealkylation sites (tertiary alicyclic amines) is 1. The molecule has 9 heteroatoms. The van der Waals surface area contributed by atoms with E-state index in [-0.39, 0.29) is 18.6 Å². The quantitative estimate of drug-likeness (QED) is 0.457. The number of aliphatic carboxylic acids is 1. The van der Waals surface area contributed by atoms with Crippen molar-refractivity contribution in [1.29, 1.82) is 0 Å². The fourth-order valence-corrected chi connectivity index (χ4v) is 5.78. The van der Waals surface area contributed by atoms with E-state index in [1.807, 2.05) is 30.3 Å². The van der Waals surface area contributed by atoms with Crippen molar-refractivity contribution in [3.05, 3.63) is 71.8 Å². The summed E-state index contributed by atoms with van der Waals surface area (Å²) in [5, 5.41) is 12.1. The average molecular weight is 472 g/mol. The van der Waals surface area contributed by atoms with Gasteiger partial charge in [-0.25, -0.2) is 4.79 Å². The molecule has 0 aromatic heterocycles. The third kappa shape index (κ3) is 7.27. The van der Waals surface area contributed by atoms with Crippen molar-refractivity contribution in [3.63, 3.8) is 0 Å². The van der Waals surface area contributed by atoms with E-state index in [2.05, 4.69) is 5.32 Å². The summed E-state index contributed by atoms with van der Waals surface area (Å²) in [6.07, 6.45) is 0.981. The molecule has 2 amide bonds. The summed E-state index contributed by atoms with van der Waals surface area (Å²) in [6, 6.07) is 16.6. The summed E-state index contributed by atoms with van der Waals surface area (Å²) in [4.78, 5) is 48.5. The lowest BCUT2D eigenvalue weighted by atomic mass is 10.1. The molecule has 2 aromatic carbocycles. The van der Waals surface area contributed by atoms with Crippen LogP contribution in [0.4, 0.5) is 0 Å². The molecule has 8 nitrogen and oxygen atoms in total. The molecule has 3 rings (SSSR count). The number of hydrogen-bond acceptors (Lipinski definition) is 4. The summed E-state index contributed by atoms with van der Waals surface area (Å²) >= 11 is 0. The topological polar surface area (TPSA) is 124 Å². The van der Waals surface area contributed by atoms with Gasteiger partial charge < -0.3 is 20.2 Å². The molecule has 0 radical (unpaired) electrons. The highest BCUT2D eigenvalue weighted by Crippen LogP contribution is 2.42. The molecule has 0 spiro atoms. The Morgan fingerprint density at radius 1 is 1.06 bits per heavy atom. The van der Waals surface area contributed by atoms with Crippen molar-refractivity contribution < 1.29 is 28.9 Å². The Morgan fingerprint density at radius 2 is 1.70 bits per heavy atom. The number of aryl methyl sites for hydroxylation is 1. The first-order valence-corrected chi connectivity index (χ1v) is 13.0. The second-order valence-corrected chi connectivity index (χ2v) is 10.7. The fourth-order valence-electron chi connectivity index (χ4n) is 4.09. The van der Waals surface area contributed by atoms with Crippen LogP contribution in [0.5, 0.6) is 0 Å². The highest BCUT2D eigenvalue weighted by molar-refractivity contribution is 7.59. The van der Waals surface area contributed by atoms with Gasteiger partial charge >= 0.3 is 5.97 Å². The number of carboxylic acids is 1. The highest BCUT2D eigenvalue weighted by Gasteiger charge is 2.37. The first-order valence-electron chi connectivity index (χ1n) is 11.0. The zero-order valence-electron chi connectivity index (χ0n) is 18.3. The summed E-state index contributed by atoms with van der Waals surface area (Å²) in [6.45, 7) is 0.262. The van der Waals surface area contributed by atoms with Crippen molar-refractivity contribution in [3.8, 4) is 0 Å². The van der Waals surface area contributed by atoms with Gasteiger partial charge in [0.1, 0.15) is 12.2 Å². The molecule has 0 bridgehead atoms. The predicted molar refractivity (Wildman–Crippen MR) is 124 cm³/mol. The monoisotopic (exact) mass is 472 g/mol. The van der Waals surface area contributed by atoms with E-state index in [0.717, 1.165) is 5.56 Å². The van der Waals surface area contributed by atoms with Gasteiger partial charge in [-0.2, -0.15) is 0 Å². The molecule has 0 saturated carbocycles. The minimum Gasteiger partial charge on any atom is -0.480 e. The van der Waals surface area contributed by atoms with Crippen LogP contribution in [0.15, 0.2) is 60.7 Å². The van der Waals surface area contributed by atoms with Gasteiger partial charge in [-0.1, -0.05) is 48.5 Å². The van der Waals surface area contributed by atoms with E-state index >= 15 is 0 Å². The maximum Gasteiger partial charge on any atom is 0.326 e. The van der Waals surface area contributed by atoms with Gasteiger partial charge in [-0.3, -0.25) is 14.2 Å². The van der Waals surface area contributed by atoms with Crippen LogP contribution in [-0.4, -0.2) is 63.6 Å². The van der Waals surface area contributed by atoms with Crippen molar-refractivity contribution in [2.75, 3.05) is 18.9 Å². The standard InChI is InChI=1S/C24H29N2O6P/c27-22(26-15-7-12-21(26)24(29)30)17-33(31,32)16-20(14-13-18-8-3-1-4-9-18)25-23(28)19-10-5-2-6-11-19/h1-6,8-11,20-21H,7,12-17H2,(H,25,28)(H,29,30)(H,31,32)/t20?,21-/m0/s1. The Hall–Kier alpha value is -2.96. The summed E-state index contributed by atoms with van der Waals surface area (Å²) < 4.78 is 13.0. The molecule has 1 fully saturated rings. The Bertz CT molecular complexity index is 1010. The van der Waals surface area contributed by atoms with Gasteiger partial charge in [0.2, 0.25) is 13.3 Å².